The van der Waals surface area contributed by atoms with Crippen LogP contribution in [0.1, 0.15) is 16.7 Å². The average Bonchev–Trinajstić information content (AvgIpc) is 2.99. The van der Waals surface area contributed by atoms with Crippen LogP contribution >= 0.6 is 0 Å². The normalized spacial score (nSPS) is 23.7. The van der Waals surface area contributed by atoms with Crippen molar-refractivity contribution in [1.82, 2.24) is 4.90 Å². The highest BCUT2D eigenvalue weighted by atomic mass is 32.2. The number of rotatable bonds is 3. The van der Waals surface area contributed by atoms with Crippen LogP contribution in [0.5, 0.6) is 0 Å². The lowest BCUT2D eigenvalue weighted by atomic mass is 10.1. The topological polar surface area (TPSA) is 57.7 Å². The number of aryl methyl sites for hydroxylation is 2. The van der Waals surface area contributed by atoms with Crippen molar-refractivity contribution in [2.45, 2.75) is 32.5 Å². The van der Waals surface area contributed by atoms with Crippen molar-refractivity contribution in [1.29, 1.82) is 0 Å². The third-order valence-electron chi connectivity index (χ3n) is 5.26. The van der Waals surface area contributed by atoms with E-state index >= 15 is 0 Å². The molecule has 2 aliphatic rings. The molecule has 2 aromatic rings. The molecule has 2 aliphatic heterocycles. The van der Waals surface area contributed by atoms with Crippen LogP contribution in [-0.2, 0) is 16.4 Å². The standard InChI is InChI=1S/C20H21FN2O3S/c1-13-7-14(2)9-16(8-13)23-19-12-27(25,26)11-18(19)22(20(23)24)10-15-5-3-4-6-17(15)21/h3-9,18-19H,10-12H2,1-2H3. The number of anilines is 1. The van der Waals surface area contributed by atoms with Gasteiger partial charge in [-0.3, -0.25) is 4.90 Å². The number of halogens is 1. The fraction of sp³-hybridized carbons (Fsp3) is 0.350. The van der Waals surface area contributed by atoms with Gasteiger partial charge < -0.3 is 4.90 Å². The van der Waals surface area contributed by atoms with Crippen LogP contribution < -0.4 is 4.90 Å². The molecule has 142 valence electrons. The molecule has 2 aromatic carbocycles. The zero-order valence-corrected chi connectivity index (χ0v) is 16.0. The molecule has 5 nitrogen and oxygen atoms in total. The van der Waals surface area contributed by atoms with E-state index in [2.05, 4.69) is 0 Å². The summed E-state index contributed by atoms with van der Waals surface area (Å²) in [5.74, 6) is -0.545. The monoisotopic (exact) mass is 388 g/mol. The Morgan fingerprint density at radius 3 is 2.33 bits per heavy atom. The highest BCUT2D eigenvalue weighted by Gasteiger charge is 2.53. The number of carbonyl (C=O) groups is 1. The molecule has 0 bridgehead atoms. The minimum absolute atomic E-state index is 0.0590. The first-order chi connectivity index (χ1) is 12.7. The second-order valence-electron chi connectivity index (χ2n) is 7.43. The van der Waals surface area contributed by atoms with Crippen LogP contribution in [0.25, 0.3) is 0 Å². The van der Waals surface area contributed by atoms with Gasteiger partial charge >= 0.3 is 6.03 Å². The van der Waals surface area contributed by atoms with Crippen LogP contribution in [0.15, 0.2) is 42.5 Å². The van der Waals surface area contributed by atoms with Crippen molar-refractivity contribution in [3.63, 3.8) is 0 Å². The first-order valence-corrected chi connectivity index (χ1v) is 10.7. The van der Waals surface area contributed by atoms with Crippen molar-refractivity contribution in [3.05, 3.63) is 65.0 Å². The third-order valence-corrected chi connectivity index (χ3v) is 6.96. The van der Waals surface area contributed by atoms with Crippen LogP contribution in [0, 0.1) is 19.7 Å². The molecule has 2 saturated heterocycles. The number of amides is 2. The number of fused-ring (bicyclic) bond motifs is 1. The summed E-state index contributed by atoms with van der Waals surface area (Å²) in [6, 6.07) is 10.9. The van der Waals surface area contributed by atoms with Gasteiger partial charge in [0.2, 0.25) is 0 Å². The smallest absolute Gasteiger partial charge is 0.314 e. The highest BCUT2D eigenvalue weighted by Crippen LogP contribution is 2.36. The Morgan fingerprint density at radius 2 is 1.67 bits per heavy atom. The van der Waals surface area contributed by atoms with Gasteiger partial charge in [-0.15, -0.1) is 0 Å². The Bertz CT molecular complexity index is 1000. The zero-order valence-electron chi connectivity index (χ0n) is 15.2. The highest BCUT2D eigenvalue weighted by molar-refractivity contribution is 7.91. The van der Waals surface area contributed by atoms with Crippen molar-refractivity contribution in [3.8, 4) is 0 Å². The fourth-order valence-corrected chi connectivity index (χ4v) is 6.11. The van der Waals surface area contributed by atoms with Gasteiger partial charge in [0.15, 0.2) is 9.84 Å². The molecule has 0 aromatic heterocycles. The second-order valence-corrected chi connectivity index (χ2v) is 9.58. The average molecular weight is 388 g/mol. The van der Waals surface area contributed by atoms with E-state index in [0.717, 1.165) is 11.1 Å². The minimum atomic E-state index is -3.25. The molecule has 2 heterocycles. The van der Waals surface area contributed by atoms with Crippen molar-refractivity contribution in [2.75, 3.05) is 16.4 Å². The lowest BCUT2D eigenvalue weighted by Gasteiger charge is -2.23. The maximum absolute atomic E-state index is 14.1. The predicted octanol–water partition coefficient (Wildman–Crippen LogP) is 3.05. The largest absolute Gasteiger partial charge is 0.325 e. The van der Waals surface area contributed by atoms with Gasteiger partial charge in [-0.05, 0) is 43.2 Å². The van der Waals surface area contributed by atoms with E-state index in [1.165, 1.54) is 11.0 Å². The summed E-state index contributed by atoms with van der Waals surface area (Å²) in [6.45, 7) is 3.94. The Balaban J connectivity index is 1.75. The molecule has 27 heavy (non-hydrogen) atoms. The van der Waals surface area contributed by atoms with E-state index in [1.54, 1.807) is 23.1 Å². The summed E-state index contributed by atoms with van der Waals surface area (Å²) in [5, 5.41) is 0. The summed E-state index contributed by atoms with van der Waals surface area (Å²) in [6.07, 6.45) is 0. The van der Waals surface area contributed by atoms with Crippen LogP contribution in [-0.4, -0.2) is 42.9 Å². The molecule has 0 aliphatic carbocycles. The molecule has 2 amide bonds. The molecule has 4 rings (SSSR count). The number of carbonyl (C=O) groups excluding carboxylic acids is 1. The maximum Gasteiger partial charge on any atom is 0.325 e. The Morgan fingerprint density at radius 1 is 1.04 bits per heavy atom. The first kappa shape index (κ1) is 18.0. The summed E-state index contributed by atoms with van der Waals surface area (Å²) in [7, 11) is -3.25. The molecule has 0 N–H and O–H groups in total. The molecule has 0 radical (unpaired) electrons. The van der Waals surface area contributed by atoms with Gasteiger partial charge in [0, 0.05) is 11.3 Å². The van der Waals surface area contributed by atoms with E-state index in [4.69, 9.17) is 0 Å². The van der Waals surface area contributed by atoms with Crippen LogP contribution in [0.4, 0.5) is 14.9 Å². The van der Waals surface area contributed by atoms with Gasteiger partial charge in [0.05, 0.1) is 30.1 Å². The summed E-state index contributed by atoms with van der Waals surface area (Å²) in [4.78, 5) is 16.3. The zero-order chi connectivity index (χ0) is 19.3. The molecule has 7 heteroatoms. The van der Waals surface area contributed by atoms with Crippen LogP contribution in [0.3, 0.4) is 0 Å². The predicted molar refractivity (Wildman–Crippen MR) is 102 cm³/mol. The lowest BCUT2D eigenvalue weighted by molar-refractivity contribution is 0.205. The molecular weight excluding hydrogens is 367 g/mol. The van der Waals surface area contributed by atoms with E-state index < -0.39 is 27.7 Å². The molecular formula is C20H21FN2O3S. The van der Waals surface area contributed by atoms with Gasteiger partial charge in [-0.1, -0.05) is 24.3 Å². The van der Waals surface area contributed by atoms with Gasteiger partial charge in [0.1, 0.15) is 5.82 Å². The third kappa shape index (κ3) is 3.20. The second kappa shape index (κ2) is 6.34. The van der Waals surface area contributed by atoms with Crippen molar-refractivity contribution in [2.24, 2.45) is 0 Å². The molecule has 0 saturated carbocycles. The minimum Gasteiger partial charge on any atom is -0.314 e. The number of hydrogen-bond donors (Lipinski definition) is 0. The van der Waals surface area contributed by atoms with E-state index in [1.807, 2.05) is 32.0 Å². The van der Waals surface area contributed by atoms with Gasteiger partial charge in [-0.25, -0.2) is 17.6 Å². The van der Waals surface area contributed by atoms with E-state index in [9.17, 15) is 17.6 Å². The molecule has 2 unspecified atom stereocenters. The van der Waals surface area contributed by atoms with Gasteiger partial charge in [-0.2, -0.15) is 0 Å². The quantitative estimate of drug-likeness (QED) is 0.760. The Hall–Kier alpha value is -2.41. The summed E-state index contributed by atoms with van der Waals surface area (Å²) in [5.41, 5.74) is 3.09. The SMILES string of the molecule is Cc1cc(C)cc(N2C(=O)N(Cc3ccccc3F)C3CS(=O)(=O)CC32)c1. The summed E-state index contributed by atoms with van der Waals surface area (Å²) >= 11 is 0. The lowest BCUT2D eigenvalue weighted by Crippen LogP contribution is -2.37. The number of hydrogen-bond acceptors (Lipinski definition) is 3. The summed E-state index contributed by atoms with van der Waals surface area (Å²) < 4.78 is 38.7. The van der Waals surface area contributed by atoms with E-state index in [0.29, 0.717) is 11.3 Å². The molecule has 0 spiro atoms. The molecule has 2 fully saturated rings. The number of nitrogens with zero attached hydrogens (tertiary/aromatic N) is 2. The number of sulfone groups is 1. The van der Waals surface area contributed by atoms with Crippen molar-refractivity contribution < 1.29 is 17.6 Å². The Labute approximate surface area is 158 Å². The van der Waals surface area contributed by atoms with E-state index in [-0.39, 0.29) is 24.1 Å². The number of urea groups is 1. The van der Waals surface area contributed by atoms with Crippen LogP contribution in [0.2, 0.25) is 0 Å². The fourth-order valence-electron chi connectivity index (χ4n) is 4.16. The molecule has 2 atom stereocenters. The first-order valence-electron chi connectivity index (χ1n) is 8.87. The van der Waals surface area contributed by atoms with Crippen molar-refractivity contribution >= 4 is 21.6 Å². The Kier molecular flexibility index (Phi) is 4.22. The van der Waals surface area contributed by atoms with Gasteiger partial charge in [0.25, 0.3) is 0 Å². The maximum atomic E-state index is 14.1. The number of benzene rings is 2.